The predicted molar refractivity (Wildman–Crippen MR) is 105 cm³/mol. The molecule has 146 valence electrons. The van der Waals surface area contributed by atoms with Gasteiger partial charge in [-0.2, -0.15) is 4.31 Å². The fraction of sp³-hybridized carbons (Fsp3) is 0.200. The number of ether oxygens (including phenoxy) is 1. The Labute approximate surface area is 164 Å². The molecule has 0 unspecified atom stereocenters. The topological polar surface area (TPSA) is 85.5 Å². The minimum Gasteiger partial charge on any atom is -0.497 e. The van der Waals surface area contributed by atoms with Crippen molar-refractivity contribution in [3.05, 3.63) is 72.6 Å². The fourth-order valence-corrected chi connectivity index (χ4v) is 3.93. The van der Waals surface area contributed by atoms with Gasteiger partial charge in [-0.1, -0.05) is 23.8 Å². The molecule has 0 amide bonds. The van der Waals surface area contributed by atoms with Crippen molar-refractivity contribution in [2.24, 2.45) is 0 Å². The molecule has 0 N–H and O–H groups in total. The molecule has 0 aliphatic rings. The van der Waals surface area contributed by atoms with Crippen molar-refractivity contribution >= 4 is 10.0 Å². The normalized spacial score (nSPS) is 11.5. The summed E-state index contributed by atoms with van der Waals surface area (Å²) in [7, 11) is -2.25. The third-order valence-corrected chi connectivity index (χ3v) is 5.93. The molecule has 0 radical (unpaired) electrons. The number of hydrogen-bond donors (Lipinski definition) is 0. The van der Waals surface area contributed by atoms with Crippen LogP contribution in [0.2, 0.25) is 0 Å². The molecule has 0 aliphatic carbocycles. The summed E-state index contributed by atoms with van der Waals surface area (Å²) in [4.78, 5) is 0.147. The van der Waals surface area contributed by atoms with Gasteiger partial charge in [-0.15, -0.1) is 16.8 Å². The maximum Gasteiger partial charge on any atom is 0.247 e. The van der Waals surface area contributed by atoms with Crippen molar-refractivity contribution in [2.45, 2.75) is 18.4 Å². The Balaban J connectivity index is 1.84. The lowest BCUT2D eigenvalue weighted by Gasteiger charge is -2.19. The van der Waals surface area contributed by atoms with E-state index in [0.717, 1.165) is 11.1 Å². The van der Waals surface area contributed by atoms with Crippen molar-refractivity contribution in [3.8, 4) is 17.2 Å². The van der Waals surface area contributed by atoms with Crippen LogP contribution >= 0.6 is 0 Å². The largest absolute Gasteiger partial charge is 0.497 e. The van der Waals surface area contributed by atoms with E-state index in [9.17, 15) is 8.42 Å². The summed E-state index contributed by atoms with van der Waals surface area (Å²) in [6.07, 6.45) is 1.51. The summed E-state index contributed by atoms with van der Waals surface area (Å²) >= 11 is 0. The Morgan fingerprint density at radius 1 is 1.11 bits per heavy atom. The van der Waals surface area contributed by atoms with E-state index in [0.29, 0.717) is 11.6 Å². The Hall–Kier alpha value is -2.97. The maximum atomic E-state index is 13.0. The number of nitrogens with zero attached hydrogens (tertiary/aromatic N) is 3. The van der Waals surface area contributed by atoms with Crippen LogP contribution in [0.3, 0.4) is 0 Å². The van der Waals surface area contributed by atoms with Gasteiger partial charge < -0.3 is 9.15 Å². The van der Waals surface area contributed by atoms with E-state index in [1.54, 1.807) is 12.1 Å². The second kappa shape index (κ2) is 8.37. The van der Waals surface area contributed by atoms with E-state index in [1.165, 1.54) is 29.6 Å². The van der Waals surface area contributed by atoms with Gasteiger partial charge in [0.1, 0.15) is 5.75 Å². The Kier molecular flexibility index (Phi) is 5.91. The number of sulfonamides is 1. The molecule has 0 bridgehead atoms. The van der Waals surface area contributed by atoms with E-state index in [2.05, 4.69) is 16.8 Å². The fourth-order valence-electron chi connectivity index (χ4n) is 2.57. The summed E-state index contributed by atoms with van der Waals surface area (Å²) in [5.41, 5.74) is 1.89. The summed E-state index contributed by atoms with van der Waals surface area (Å²) in [5, 5.41) is 8.02. The van der Waals surface area contributed by atoms with Crippen LogP contribution in [-0.4, -0.2) is 36.6 Å². The number of methoxy groups -OCH3 is 1. The third kappa shape index (κ3) is 4.29. The zero-order valence-corrected chi connectivity index (χ0v) is 16.5. The molecule has 0 saturated carbocycles. The summed E-state index contributed by atoms with van der Waals surface area (Å²) in [5.74, 6) is 1.12. The van der Waals surface area contributed by atoms with Gasteiger partial charge in [0.15, 0.2) is 0 Å². The summed E-state index contributed by atoms with van der Waals surface area (Å²) in [6, 6.07) is 13.8. The first-order chi connectivity index (χ1) is 13.4. The molecule has 0 fully saturated rings. The highest BCUT2D eigenvalue weighted by Crippen LogP contribution is 2.23. The van der Waals surface area contributed by atoms with E-state index in [1.807, 2.05) is 31.2 Å². The summed E-state index contributed by atoms with van der Waals surface area (Å²) in [6.45, 7) is 5.68. The third-order valence-electron chi connectivity index (χ3n) is 4.11. The van der Waals surface area contributed by atoms with E-state index in [4.69, 9.17) is 9.15 Å². The molecular formula is C20H21N3O4S. The van der Waals surface area contributed by atoms with Crippen LogP contribution in [0.4, 0.5) is 0 Å². The average Bonchev–Trinajstić information content (AvgIpc) is 3.17. The Morgan fingerprint density at radius 2 is 1.79 bits per heavy atom. The molecule has 3 aromatic rings. The van der Waals surface area contributed by atoms with Crippen LogP contribution < -0.4 is 4.74 Å². The molecule has 0 aliphatic heterocycles. The zero-order valence-electron chi connectivity index (χ0n) is 15.7. The van der Waals surface area contributed by atoms with Crippen molar-refractivity contribution in [1.29, 1.82) is 0 Å². The van der Waals surface area contributed by atoms with Gasteiger partial charge in [-0.05, 0) is 43.3 Å². The van der Waals surface area contributed by atoms with Crippen molar-refractivity contribution in [3.63, 3.8) is 0 Å². The van der Waals surface area contributed by atoms with E-state index < -0.39 is 10.0 Å². The van der Waals surface area contributed by atoms with Gasteiger partial charge in [0.2, 0.25) is 21.8 Å². The molecule has 8 heteroatoms. The lowest BCUT2D eigenvalue weighted by atomic mass is 10.1. The van der Waals surface area contributed by atoms with Crippen LogP contribution in [0.1, 0.15) is 11.5 Å². The average molecular weight is 399 g/mol. The van der Waals surface area contributed by atoms with Gasteiger partial charge in [-0.3, -0.25) is 0 Å². The minimum atomic E-state index is -3.77. The van der Waals surface area contributed by atoms with Crippen LogP contribution in [0.5, 0.6) is 5.75 Å². The molecule has 0 saturated heterocycles. The van der Waals surface area contributed by atoms with Crippen molar-refractivity contribution in [2.75, 3.05) is 13.7 Å². The number of aryl methyl sites for hydroxylation is 1. The Morgan fingerprint density at radius 3 is 2.39 bits per heavy atom. The Bertz CT molecular complexity index is 1040. The lowest BCUT2D eigenvalue weighted by Crippen LogP contribution is -2.31. The molecule has 0 spiro atoms. The standard InChI is InChI=1S/C20H21N3O4S/c1-4-13-23(28(24,25)18-11-9-17(26-3)10-12-18)14-19-21-22-20(27-19)16-7-5-15(2)6-8-16/h4-12H,1,13-14H2,2-3H3. The van der Waals surface area contributed by atoms with Crippen LogP contribution in [0.25, 0.3) is 11.5 Å². The highest BCUT2D eigenvalue weighted by atomic mass is 32.2. The lowest BCUT2D eigenvalue weighted by molar-refractivity contribution is 0.379. The van der Waals surface area contributed by atoms with Gasteiger partial charge >= 0.3 is 0 Å². The highest BCUT2D eigenvalue weighted by Gasteiger charge is 2.26. The van der Waals surface area contributed by atoms with Gasteiger partial charge in [0.05, 0.1) is 18.6 Å². The molecule has 1 aromatic heterocycles. The maximum absolute atomic E-state index is 13.0. The smallest absolute Gasteiger partial charge is 0.247 e. The molecular weight excluding hydrogens is 378 g/mol. The molecule has 3 rings (SSSR count). The minimum absolute atomic E-state index is 0.0563. The second-order valence-corrected chi connectivity index (χ2v) is 8.07. The van der Waals surface area contributed by atoms with E-state index in [-0.39, 0.29) is 23.9 Å². The van der Waals surface area contributed by atoms with Crippen LogP contribution in [0, 0.1) is 6.92 Å². The number of rotatable bonds is 8. The second-order valence-electron chi connectivity index (χ2n) is 6.13. The zero-order chi connectivity index (χ0) is 20.1. The number of aromatic nitrogens is 2. The van der Waals surface area contributed by atoms with Crippen molar-refractivity contribution < 1.29 is 17.6 Å². The summed E-state index contributed by atoms with van der Waals surface area (Å²) < 4.78 is 38.0. The molecule has 28 heavy (non-hydrogen) atoms. The SMILES string of the molecule is C=CCN(Cc1nnc(-c2ccc(C)cc2)o1)S(=O)(=O)c1ccc(OC)cc1. The molecule has 1 heterocycles. The first-order valence-corrected chi connectivity index (χ1v) is 10.0. The molecule has 2 aromatic carbocycles. The van der Waals surface area contributed by atoms with E-state index >= 15 is 0 Å². The first-order valence-electron chi connectivity index (χ1n) is 8.58. The molecule has 7 nitrogen and oxygen atoms in total. The monoisotopic (exact) mass is 399 g/mol. The van der Waals surface area contributed by atoms with Gasteiger partial charge in [0, 0.05) is 12.1 Å². The molecule has 0 atom stereocenters. The van der Waals surface area contributed by atoms with Crippen molar-refractivity contribution in [1.82, 2.24) is 14.5 Å². The predicted octanol–water partition coefficient (Wildman–Crippen LogP) is 3.43. The first kappa shape index (κ1) is 19.8. The highest BCUT2D eigenvalue weighted by molar-refractivity contribution is 7.89. The van der Waals surface area contributed by atoms with Crippen LogP contribution in [-0.2, 0) is 16.6 Å². The number of hydrogen-bond acceptors (Lipinski definition) is 6. The quantitative estimate of drug-likeness (QED) is 0.540. The van der Waals surface area contributed by atoms with Crippen LogP contribution in [0.15, 0.2) is 70.5 Å². The number of benzene rings is 2. The van der Waals surface area contributed by atoms with Gasteiger partial charge in [-0.25, -0.2) is 8.42 Å². The van der Waals surface area contributed by atoms with Gasteiger partial charge in [0.25, 0.3) is 0 Å².